The zero-order valence-electron chi connectivity index (χ0n) is 17.7. The molecule has 2 aromatic heterocycles. The number of ether oxygens (including phenoxy) is 2. The van der Waals surface area contributed by atoms with E-state index in [1.54, 1.807) is 50.4 Å². The second-order valence-corrected chi connectivity index (χ2v) is 7.02. The van der Waals surface area contributed by atoms with E-state index in [0.717, 1.165) is 11.4 Å². The number of carbonyl (C=O) groups is 1. The number of hydrogen-bond donors (Lipinski definition) is 1. The summed E-state index contributed by atoms with van der Waals surface area (Å²) in [5.41, 5.74) is 1.45. The molecule has 162 valence electrons. The van der Waals surface area contributed by atoms with Crippen molar-refractivity contribution in [2.75, 3.05) is 50.6 Å². The van der Waals surface area contributed by atoms with Crippen molar-refractivity contribution >= 4 is 17.5 Å². The van der Waals surface area contributed by atoms with Crippen LogP contribution in [0.3, 0.4) is 0 Å². The highest BCUT2D eigenvalue weighted by molar-refractivity contribution is 5.90. The summed E-state index contributed by atoms with van der Waals surface area (Å²) >= 11 is 0. The van der Waals surface area contributed by atoms with Gasteiger partial charge in [-0.3, -0.25) is 0 Å². The van der Waals surface area contributed by atoms with Crippen molar-refractivity contribution in [2.24, 2.45) is 0 Å². The summed E-state index contributed by atoms with van der Waals surface area (Å²) in [6, 6.07) is 8.99. The number of benzene rings is 1. The summed E-state index contributed by atoms with van der Waals surface area (Å²) in [5.74, 6) is 3.07. The number of aryl methyl sites for hydroxylation is 1. The Labute approximate surface area is 179 Å². The van der Waals surface area contributed by atoms with Gasteiger partial charge in [0, 0.05) is 56.6 Å². The molecule has 31 heavy (non-hydrogen) atoms. The lowest BCUT2D eigenvalue weighted by Gasteiger charge is -2.35. The molecule has 0 saturated carbocycles. The fourth-order valence-corrected chi connectivity index (χ4v) is 3.38. The minimum Gasteiger partial charge on any atom is -0.493 e. The number of carbonyl (C=O) groups excluding carboxylic acids is 1. The van der Waals surface area contributed by atoms with Gasteiger partial charge in [0.15, 0.2) is 11.5 Å². The third-order valence-electron chi connectivity index (χ3n) is 5.06. The molecule has 1 aliphatic heterocycles. The second-order valence-electron chi connectivity index (χ2n) is 7.02. The summed E-state index contributed by atoms with van der Waals surface area (Å²) in [4.78, 5) is 25.3. The van der Waals surface area contributed by atoms with Crippen LogP contribution in [-0.4, -0.2) is 66.5 Å². The molecular formula is C21H24N6O4. The zero-order valence-corrected chi connectivity index (χ0v) is 17.7. The number of piperazine rings is 1. The number of methoxy groups -OCH3 is 2. The number of nitrogens with zero attached hydrogens (tertiary/aromatic N) is 5. The number of urea groups is 1. The molecule has 4 rings (SSSR count). The number of hydrogen-bond acceptors (Lipinski definition) is 8. The van der Waals surface area contributed by atoms with Crippen LogP contribution in [0.25, 0.3) is 11.4 Å². The van der Waals surface area contributed by atoms with Crippen molar-refractivity contribution in [1.82, 2.24) is 20.0 Å². The number of rotatable bonds is 5. The highest BCUT2D eigenvalue weighted by atomic mass is 16.5. The van der Waals surface area contributed by atoms with E-state index in [2.05, 4.69) is 25.3 Å². The average molecular weight is 424 g/mol. The standard InChI is InChI=1S/C21H24N6O4/c1-14-23-20(25-31-14)15-4-7-19(22-13-15)26-8-10-27(11-9-26)21(28)24-16-5-6-17(29-2)18(12-16)30-3/h4-7,12-13H,8-11H2,1-3H3,(H,24,28). The van der Waals surface area contributed by atoms with E-state index in [1.807, 2.05) is 12.1 Å². The quantitative estimate of drug-likeness (QED) is 0.667. The molecule has 0 bridgehead atoms. The lowest BCUT2D eigenvalue weighted by molar-refractivity contribution is 0.208. The predicted molar refractivity (Wildman–Crippen MR) is 115 cm³/mol. The smallest absolute Gasteiger partial charge is 0.321 e. The first kappa shape index (κ1) is 20.5. The van der Waals surface area contributed by atoms with E-state index >= 15 is 0 Å². The average Bonchev–Trinajstić information content (AvgIpc) is 3.25. The van der Waals surface area contributed by atoms with Crippen LogP contribution < -0.4 is 19.7 Å². The number of anilines is 2. The molecule has 0 aliphatic carbocycles. The molecule has 10 heteroatoms. The first-order chi connectivity index (χ1) is 15.1. The second kappa shape index (κ2) is 8.90. The monoisotopic (exact) mass is 424 g/mol. The van der Waals surface area contributed by atoms with Crippen LogP contribution in [0.4, 0.5) is 16.3 Å². The summed E-state index contributed by atoms with van der Waals surface area (Å²) in [7, 11) is 3.14. The Morgan fingerprint density at radius 1 is 1.06 bits per heavy atom. The van der Waals surface area contributed by atoms with E-state index in [4.69, 9.17) is 14.0 Å². The first-order valence-corrected chi connectivity index (χ1v) is 9.87. The normalized spacial score (nSPS) is 13.8. The Hall–Kier alpha value is -3.82. The van der Waals surface area contributed by atoms with E-state index in [9.17, 15) is 4.79 Å². The van der Waals surface area contributed by atoms with Crippen molar-refractivity contribution in [3.8, 4) is 22.9 Å². The van der Waals surface area contributed by atoms with Gasteiger partial charge < -0.3 is 29.1 Å². The van der Waals surface area contributed by atoms with E-state index in [1.165, 1.54) is 0 Å². The molecular weight excluding hydrogens is 400 g/mol. The maximum Gasteiger partial charge on any atom is 0.321 e. The lowest BCUT2D eigenvalue weighted by Crippen LogP contribution is -2.50. The topological polar surface area (TPSA) is 106 Å². The Bertz CT molecular complexity index is 1040. The Balaban J connectivity index is 1.33. The molecule has 0 unspecified atom stereocenters. The predicted octanol–water partition coefficient (Wildman–Crippen LogP) is 2.81. The van der Waals surface area contributed by atoms with Gasteiger partial charge in [0.2, 0.25) is 11.7 Å². The maximum absolute atomic E-state index is 12.7. The molecule has 0 radical (unpaired) electrons. The van der Waals surface area contributed by atoms with E-state index < -0.39 is 0 Å². The van der Waals surface area contributed by atoms with Gasteiger partial charge in [-0.15, -0.1) is 0 Å². The molecule has 1 fully saturated rings. The number of pyridine rings is 1. The SMILES string of the molecule is COc1ccc(NC(=O)N2CCN(c3ccc(-c4noc(C)n4)cn3)CC2)cc1OC. The number of amides is 2. The van der Waals surface area contributed by atoms with Gasteiger partial charge >= 0.3 is 6.03 Å². The Kier molecular flexibility index (Phi) is 5.87. The Morgan fingerprint density at radius 3 is 2.45 bits per heavy atom. The lowest BCUT2D eigenvalue weighted by atomic mass is 10.2. The molecule has 1 saturated heterocycles. The molecule has 0 spiro atoms. The van der Waals surface area contributed by atoms with Crippen LogP contribution in [0.2, 0.25) is 0 Å². The number of aromatic nitrogens is 3. The molecule has 0 atom stereocenters. The maximum atomic E-state index is 12.7. The van der Waals surface area contributed by atoms with Gasteiger partial charge in [0.1, 0.15) is 5.82 Å². The minimum atomic E-state index is -0.150. The van der Waals surface area contributed by atoms with Crippen LogP contribution in [0, 0.1) is 6.92 Å². The van der Waals surface area contributed by atoms with Crippen LogP contribution >= 0.6 is 0 Å². The molecule has 1 aliphatic rings. The third-order valence-corrected chi connectivity index (χ3v) is 5.06. The van der Waals surface area contributed by atoms with Crippen molar-refractivity contribution in [1.29, 1.82) is 0 Å². The van der Waals surface area contributed by atoms with Crippen molar-refractivity contribution in [2.45, 2.75) is 6.92 Å². The van der Waals surface area contributed by atoms with E-state index in [-0.39, 0.29) is 6.03 Å². The fourth-order valence-electron chi connectivity index (χ4n) is 3.38. The highest BCUT2D eigenvalue weighted by Gasteiger charge is 2.22. The van der Waals surface area contributed by atoms with E-state index in [0.29, 0.717) is 55.1 Å². The molecule has 1 aromatic carbocycles. The first-order valence-electron chi connectivity index (χ1n) is 9.87. The summed E-state index contributed by atoms with van der Waals surface area (Å²) in [6.45, 7) is 4.30. The van der Waals surface area contributed by atoms with Crippen molar-refractivity contribution < 1.29 is 18.8 Å². The third kappa shape index (κ3) is 4.52. The van der Waals surface area contributed by atoms with Crippen LogP contribution in [-0.2, 0) is 0 Å². The molecule has 10 nitrogen and oxygen atoms in total. The van der Waals surface area contributed by atoms with Gasteiger partial charge in [0.25, 0.3) is 0 Å². The summed E-state index contributed by atoms with van der Waals surface area (Å²) < 4.78 is 15.5. The van der Waals surface area contributed by atoms with Gasteiger partial charge in [-0.2, -0.15) is 4.98 Å². The number of nitrogens with one attached hydrogen (secondary N) is 1. The van der Waals surface area contributed by atoms with Gasteiger partial charge in [-0.25, -0.2) is 9.78 Å². The highest BCUT2D eigenvalue weighted by Crippen LogP contribution is 2.30. The van der Waals surface area contributed by atoms with Crippen molar-refractivity contribution in [3.63, 3.8) is 0 Å². The Morgan fingerprint density at radius 2 is 1.84 bits per heavy atom. The van der Waals surface area contributed by atoms with Crippen LogP contribution in [0.15, 0.2) is 41.1 Å². The van der Waals surface area contributed by atoms with Crippen LogP contribution in [0.5, 0.6) is 11.5 Å². The molecule has 3 heterocycles. The van der Waals surface area contributed by atoms with Gasteiger partial charge in [-0.05, 0) is 24.3 Å². The van der Waals surface area contributed by atoms with Crippen LogP contribution in [0.1, 0.15) is 5.89 Å². The molecule has 2 amide bonds. The minimum absolute atomic E-state index is 0.150. The molecule has 3 aromatic rings. The zero-order chi connectivity index (χ0) is 21.8. The molecule has 1 N–H and O–H groups in total. The fraction of sp³-hybridized carbons (Fsp3) is 0.333. The largest absolute Gasteiger partial charge is 0.493 e. The van der Waals surface area contributed by atoms with Gasteiger partial charge in [-0.1, -0.05) is 5.16 Å². The van der Waals surface area contributed by atoms with Crippen molar-refractivity contribution in [3.05, 3.63) is 42.4 Å². The summed E-state index contributed by atoms with van der Waals surface area (Å²) in [6.07, 6.45) is 1.73. The summed E-state index contributed by atoms with van der Waals surface area (Å²) in [5, 5.41) is 6.82. The van der Waals surface area contributed by atoms with Gasteiger partial charge in [0.05, 0.1) is 14.2 Å².